The topological polar surface area (TPSA) is 80.7 Å². The third-order valence-electron chi connectivity index (χ3n) is 7.21. The zero-order chi connectivity index (χ0) is 23.8. The molecule has 0 amide bonds. The minimum absolute atomic E-state index is 0.161. The molecule has 2 unspecified atom stereocenters. The normalized spacial score (nSPS) is 25.1. The number of aliphatic hydroxyl groups is 1. The van der Waals surface area contributed by atoms with Gasteiger partial charge in [0.1, 0.15) is 5.70 Å². The van der Waals surface area contributed by atoms with Crippen LogP contribution in [0.2, 0.25) is 13.1 Å². The number of fused-ring (bicyclic) bond motifs is 1. The number of quaternary nitrogens is 1. The Morgan fingerprint density at radius 1 is 1.18 bits per heavy atom. The number of nitrogens with zero attached hydrogens (tertiary/aromatic N) is 2. The molecule has 2 aromatic rings. The van der Waals surface area contributed by atoms with Gasteiger partial charge < -0.3 is 19.7 Å². The molecule has 4 rings (SSSR count). The third-order valence-corrected chi connectivity index (χ3v) is 7.92. The van der Waals surface area contributed by atoms with Crippen molar-refractivity contribution in [1.29, 1.82) is 0 Å². The Kier molecular flexibility index (Phi) is 6.76. The molecule has 2 heterocycles. The number of aromatic amines is 1. The molecule has 1 fully saturated rings. The van der Waals surface area contributed by atoms with Crippen molar-refractivity contribution in [2.45, 2.75) is 90.4 Å². The molecule has 1 saturated carbocycles. The maximum Gasteiger partial charge on any atom is 0.312 e. The Balaban J connectivity index is 1.77. The van der Waals surface area contributed by atoms with Gasteiger partial charge in [0.05, 0.1) is 5.54 Å². The summed E-state index contributed by atoms with van der Waals surface area (Å²) < 4.78 is 5.54. The second-order valence-corrected chi connectivity index (χ2v) is 13.3. The first-order valence-electron chi connectivity index (χ1n) is 12.4. The Bertz CT molecular complexity index is 1050. The SMILES string of the molecule is C[SiH](C)OC1=NC(Cc2c[nH]c3ccccc23)=C(O)[N+]([O-])(C(C)(C)C)C1CC1CCCCC1. The van der Waals surface area contributed by atoms with Gasteiger partial charge in [-0.2, -0.15) is 0 Å². The lowest BCUT2D eigenvalue weighted by Crippen LogP contribution is -2.65. The lowest BCUT2D eigenvalue weighted by molar-refractivity contribution is -0.920. The van der Waals surface area contributed by atoms with Crippen molar-refractivity contribution < 1.29 is 14.2 Å². The van der Waals surface area contributed by atoms with Crippen LogP contribution in [0.3, 0.4) is 0 Å². The van der Waals surface area contributed by atoms with Crippen molar-refractivity contribution in [1.82, 2.24) is 4.98 Å². The molecular formula is C26H39N3O3Si. The van der Waals surface area contributed by atoms with Gasteiger partial charge in [0, 0.05) is 29.9 Å². The average Bonchev–Trinajstić information content (AvgIpc) is 3.17. The second kappa shape index (κ2) is 9.28. The van der Waals surface area contributed by atoms with Gasteiger partial charge in [0.2, 0.25) is 14.9 Å². The predicted molar refractivity (Wildman–Crippen MR) is 137 cm³/mol. The van der Waals surface area contributed by atoms with Gasteiger partial charge in [-0.25, -0.2) is 4.99 Å². The van der Waals surface area contributed by atoms with E-state index in [0.717, 1.165) is 29.3 Å². The summed E-state index contributed by atoms with van der Waals surface area (Å²) in [6, 6.07) is 7.57. The molecule has 1 aliphatic carbocycles. The number of hydrogen-bond donors (Lipinski definition) is 2. The molecule has 0 saturated heterocycles. The number of benzene rings is 1. The van der Waals surface area contributed by atoms with Crippen molar-refractivity contribution in [3.05, 3.63) is 52.8 Å². The summed E-state index contributed by atoms with van der Waals surface area (Å²) >= 11 is 0. The fourth-order valence-corrected chi connectivity index (χ4v) is 6.14. The van der Waals surface area contributed by atoms with Crippen LogP contribution in [0.25, 0.3) is 10.9 Å². The van der Waals surface area contributed by atoms with Crippen LogP contribution >= 0.6 is 0 Å². The molecule has 1 aliphatic heterocycles. The minimum Gasteiger partial charge on any atom is -0.624 e. The smallest absolute Gasteiger partial charge is 0.312 e. The number of allylic oxidation sites excluding steroid dienone is 1. The van der Waals surface area contributed by atoms with Crippen LogP contribution < -0.4 is 0 Å². The molecule has 33 heavy (non-hydrogen) atoms. The minimum atomic E-state index is -1.50. The lowest BCUT2D eigenvalue weighted by atomic mass is 9.83. The number of para-hydroxylation sites is 1. The van der Waals surface area contributed by atoms with Crippen LogP contribution in [0.4, 0.5) is 0 Å². The van der Waals surface area contributed by atoms with Gasteiger partial charge in [-0.3, -0.25) is 4.65 Å². The number of hydrogen-bond acceptors (Lipinski definition) is 4. The average molecular weight is 470 g/mol. The Labute approximate surface area is 199 Å². The van der Waals surface area contributed by atoms with Crippen molar-refractivity contribution in [2.75, 3.05) is 0 Å². The first-order valence-corrected chi connectivity index (χ1v) is 15.2. The zero-order valence-electron chi connectivity index (χ0n) is 20.7. The fraction of sp³-hybridized carbons (Fsp3) is 0.577. The van der Waals surface area contributed by atoms with Gasteiger partial charge in [-0.05, 0) is 51.4 Å². The summed E-state index contributed by atoms with van der Waals surface area (Å²) in [5.74, 6) is 0.856. The number of hydroxylamine groups is 3. The maximum atomic E-state index is 14.8. The monoisotopic (exact) mass is 469 g/mol. The van der Waals surface area contributed by atoms with E-state index < -0.39 is 25.3 Å². The van der Waals surface area contributed by atoms with E-state index in [1.165, 1.54) is 19.3 Å². The van der Waals surface area contributed by atoms with Gasteiger partial charge in [-0.1, -0.05) is 50.3 Å². The maximum absolute atomic E-state index is 14.8. The van der Waals surface area contributed by atoms with E-state index in [2.05, 4.69) is 24.1 Å². The summed E-state index contributed by atoms with van der Waals surface area (Å²) in [5.41, 5.74) is 1.72. The van der Waals surface area contributed by atoms with E-state index >= 15 is 0 Å². The number of H-pyrrole nitrogens is 1. The number of aromatic nitrogens is 1. The van der Waals surface area contributed by atoms with E-state index in [1.54, 1.807) is 0 Å². The third kappa shape index (κ3) is 4.63. The molecule has 180 valence electrons. The number of aliphatic imine (C=N–C) groups is 1. The zero-order valence-corrected chi connectivity index (χ0v) is 21.9. The molecule has 2 aliphatic rings. The summed E-state index contributed by atoms with van der Waals surface area (Å²) in [6.45, 7) is 9.97. The van der Waals surface area contributed by atoms with Crippen LogP contribution in [-0.4, -0.2) is 41.3 Å². The molecule has 0 spiro atoms. The van der Waals surface area contributed by atoms with E-state index in [9.17, 15) is 10.3 Å². The van der Waals surface area contributed by atoms with E-state index in [-0.39, 0.29) is 5.88 Å². The highest BCUT2D eigenvalue weighted by Crippen LogP contribution is 2.42. The van der Waals surface area contributed by atoms with Crippen molar-refractivity contribution in [2.24, 2.45) is 10.9 Å². The summed E-state index contributed by atoms with van der Waals surface area (Å²) in [6.07, 6.45) is 9.02. The van der Waals surface area contributed by atoms with Gasteiger partial charge in [0.15, 0.2) is 6.04 Å². The Hall–Kier alpha value is -2.09. The van der Waals surface area contributed by atoms with E-state index in [4.69, 9.17) is 9.42 Å². The van der Waals surface area contributed by atoms with Crippen LogP contribution in [-0.2, 0) is 10.8 Å². The standard InChI is InChI=1S/C26H39N3O3Si/c1-26(2,3)29(31)23(15-18-11-7-6-8-12-18)24(32-33(4)5)28-22(25(29)30)16-19-17-27-21-14-10-9-13-20(19)21/h9-10,13-14,17-18,23,27,30,33H,6-8,11-12,15-16H2,1-5H3. The molecule has 1 aromatic heterocycles. The Morgan fingerprint density at radius 2 is 1.88 bits per heavy atom. The molecule has 0 radical (unpaired) electrons. The molecule has 2 atom stereocenters. The largest absolute Gasteiger partial charge is 0.624 e. The Morgan fingerprint density at radius 3 is 2.55 bits per heavy atom. The summed E-state index contributed by atoms with van der Waals surface area (Å²) in [4.78, 5) is 8.16. The first kappa shape index (κ1) is 24.0. The first-order chi connectivity index (χ1) is 15.6. The highest BCUT2D eigenvalue weighted by Gasteiger charge is 2.51. The molecule has 2 N–H and O–H groups in total. The molecule has 7 heteroatoms. The van der Waals surface area contributed by atoms with Gasteiger partial charge >= 0.3 is 5.88 Å². The van der Waals surface area contributed by atoms with Crippen LogP contribution in [0.15, 0.2) is 47.0 Å². The fourth-order valence-electron chi connectivity index (χ4n) is 5.45. The molecule has 6 nitrogen and oxygen atoms in total. The molecule has 1 aromatic carbocycles. The van der Waals surface area contributed by atoms with Crippen LogP contribution in [0, 0.1) is 11.1 Å². The number of nitrogens with one attached hydrogen (secondary N) is 1. The predicted octanol–water partition coefficient (Wildman–Crippen LogP) is 6.30. The summed E-state index contributed by atoms with van der Waals surface area (Å²) in [7, 11) is -1.50. The summed E-state index contributed by atoms with van der Waals surface area (Å²) in [5, 5.41) is 27.4. The van der Waals surface area contributed by atoms with Crippen molar-refractivity contribution in [3.63, 3.8) is 0 Å². The van der Waals surface area contributed by atoms with Crippen molar-refractivity contribution >= 4 is 25.8 Å². The lowest BCUT2D eigenvalue weighted by Gasteiger charge is -2.57. The van der Waals surface area contributed by atoms with E-state index in [0.29, 0.717) is 30.4 Å². The second-order valence-electron chi connectivity index (χ2n) is 11.0. The van der Waals surface area contributed by atoms with E-state index in [1.807, 2.05) is 45.2 Å². The van der Waals surface area contributed by atoms with Crippen LogP contribution in [0.1, 0.15) is 64.9 Å². The van der Waals surface area contributed by atoms with Crippen LogP contribution in [0.5, 0.6) is 0 Å². The highest BCUT2D eigenvalue weighted by molar-refractivity contribution is 6.50. The highest BCUT2D eigenvalue weighted by atomic mass is 28.3. The molecule has 0 bridgehead atoms. The van der Waals surface area contributed by atoms with Crippen molar-refractivity contribution in [3.8, 4) is 0 Å². The number of rotatable bonds is 5. The van der Waals surface area contributed by atoms with Gasteiger partial charge in [0.25, 0.3) is 0 Å². The molecular weight excluding hydrogens is 430 g/mol. The number of aliphatic hydroxyl groups excluding tert-OH is 1. The quantitative estimate of drug-likeness (QED) is 0.306. The van der Waals surface area contributed by atoms with Gasteiger partial charge in [-0.15, -0.1) is 0 Å².